The first-order valence-corrected chi connectivity index (χ1v) is 9.71. The molecule has 0 aliphatic heterocycles. The van der Waals surface area contributed by atoms with Crippen LogP contribution in [0.25, 0.3) is 11.1 Å². The molecule has 0 aliphatic carbocycles. The third-order valence-electron chi connectivity index (χ3n) is 4.66. The fourth-order valence-corrected chi connectivity index (χ4v) is 3.14. The highest BCUT2D eigenvalue weighted by molar-refractivity contribution is 6.12. The molecule has 2 amide bonds. The highest BCUT2D eigenvalue weighted by Gasteiger charge is 2.35. The van der Waals surface area contributed by atoms with Gasteiger partial charge in [0.1, 0.15) is 5.75 Å². The number of hydrogen-bond acceptors (Lipinski definition) is 5. The summed E-state index contributed by atoms with van der Waals surface area (Å²) in [6.07, 6.45) is -3.89. The fraction of sp³-hybridized carbons (Fsp3) is 0.130. The van der Waals surface area contributed by atoms with E-state index in [-0.39, 0.29) is 11.3 Å². The number of aromatic nitrogens is 1. The summed E-state index contributed by atoms with van der Waals surface area (Å²) in [4.78, 5) is 40.2. The standard InChI is InChI=1S/C23H18F3N3O5/c1-34-20-10-18(29-22(32)33)17(9-16(20)23(24,25)26)28-21(31)11-19(30)14-5-2-4-13(8-14)15-6-3-7-27-12-15/h2-10,12,29H,11H2,1H3,(H,28,31)(H,32,33). The summed E-state index contributed by atoms with van der Waals surface area (Å²) in [7, 11) is 0.992. The number of nitrogens with one attached hydrogen (secondary N) is 2. The number of benzene rings is 2. The fourth-order valence-electron chi connectivity index (χ4n) is 3.14. The van der Waals surface area contributed by atoms with Crippen molar-refractivity contribution in [2.75, 3.05) is 17.7 Å². The Kier molecular flexibility index (Phi) is 7.15. The number of ether oxygens (including phenoxy) is 1. The second-order valence-electron chi connectivity index (χ2n) is 7.00. The van der Waals surface area contributed by atoms with Gasteiger partial charge in [-0.3, -0.25) is 19.9 Å². The number of rotatable bonds is 7. The van der Waals surface area contributed by atoms with Crippen LogP contribution in [0.1, 0.15) is 22.3 Å². The Labute approximate surface area is 191 Å². The minimum atomic E-state index is -4.84. The Morgan fingerprint density at radius 2 is 1.71 bits per heavy atom. The molecule has 3 rings (SSSR count). The monoisotopic (exact) mass is 473 g/mol. The number of ketones is 1. The number of Topliss-reactive ketones (excluding diaryl/α,β-unsaturated/α-hetero) is 1. The van der Waals surface area contributed by atoms with Gasteiger partial charge in [-0.05, 0) is 23.8 Å². The lowest BCUT2D eigenvalue weighted by molar-refractivity contribution is -0.138. The van der Waals surface area contributed by atoms with Gasteiger partial charge in [0.05, 0.1) is 30.5 Å². The molecule has 3 aromatic rings. The largest absolute Gasteiger partial charge is 0.496 e. The lowest BCUT2D eigenvalue weighted by atomic mass is 10.0. The molecule has 0 fully saturated rings. The Balaban J connectivity index is 1.84. The van der Waals surface area contributed by atoms with Gasteiger partial charge in [0, 0.05) is 29.6 Å². The van der Waals surface area contributed by atoms with E-state index >= 15 is 0 Å². The van der Waals surface area contributed by atoms with Crippen molar-refractivity contribution in [3.63, 3.8) is 0 Å². The molecule has 0 saturated carbocycles. The quantitative estimate of drug-likeness (QED) is 0.326. The summed E-state index contributed by atoms with van der Waals surface area (Å²) < 4.78 is 44.8. The number of hydrogen-bond donors (Lipinski definition) is 3. The minimum Gasteiger partial charge on any atom is -0.496 e. The van der Waals surface area contributed by atoms with Crippen LogP contribution in [0.15, 0.2) is 60.9 Å². The van der Waals surface area contributed by atoms with Gasteiger partial charge >= 0.3 is 12.3 Å². The molecule has 0 spiro atoms. The van der Waals surface area contributed by atoms with Gasteiger partial charge in [-0.15, -0.1) is 0 Å². The molecule has 176 valence electrons. The van der Waals surface area contributed by atoms with Gasteiger partial charge in [-0.25, -0.2) is 4.79 Å². The summed E-state index contributed by atoms with van der Waals surface area (Å²) in [5.74, 6) is -2.15. The van der Waals surface area contributed by atoms with E-state index in [1.807, 2.05) is 5.32 Å². The number of carbonyl (C=O) groups excluding carboxylic acids is 2. The second kappa shape index (κ2) is 10.0. The first kappa shape index (κ1) is 24.2. The lowest BCUT2D eigenvalue weighted by Gasteiger charge is -2.17. The average Bonchev–Trinajstić information content (AvgIpc) is 2.79. The molecule has 0 unspecified atom stereocenters. The van der Waals surface area contributed by atoms with E-state index in [9.17, 15) is 27.6 Å². The van der Waals surface area contributed by atoms with Crippen LogP contribution in [0.5, 0.6) is 5.75 Å². The summed E-state index contributed by atoms with van der Waals surface area (Å²) in [6, 6.07) is 11.3. The molecule has 34 heavy (non-hydrogen) atoms. The Morgan fingerprint density at radius 3 is 2.32 bits per heavy atom. The molecule has 0 atom stereocenters. The number of amides is 2. The second-order valence-corrected chi connectivity index (χ2v) is 7.00. The van der Waals surface area contributed by atoms with E-state index in [0.717, 1.165) is 18.7 Å². The van der Waals surface area contributed by atoms with E-state index < -0.39 is 47.4 Å². The molecule has 0 saturated heterocycles. The number of halogens is 3. The van der Waals surface area contributed by atoms with Crippen molar-refractivity contribution in [3.8, 4) is 16.9 Å². The molecule has 0 radical (unpaired) electrons. The van der Waals surface area contributed by atoms with Crippen LogP contribution in [0.3, 0.4) is 0 Å². The predicted octanol–water partition coefficient (Wildman–Crippen LogP) is 5.08. The van der Waals surface area contributed by atoms with Crippen molar-refractivity contribution in [2.24, 2.45) is 0 Å². The van der Waals surface area contributed by atoms with Crippen molar-refractivity contribution in [3.05, 3.63) is 72.1 Å². The molecule has 8 nitrogen and oxygen atoms in total. The molecular weight excluding hydrogens is 455 g/mol. The number of pyridine rings is 1. The van der Waals surface area contributed by atoms with Crippen molar-refractivity contribution >= 4 is 29.2 Å². The highest BCUT2D eigenvalue weighted by atomic mass is 19.4. The zero-order valence-corrected chi connectivity index (χ0v) is 17.6. The Bertz CT molecular complexity index is 1230. The zero-order chi connectivity index (χ0) is 24.9. The van der Waals surface area contributed by atoms with E-state index in [2.05, 4.69) is 10.3 Å². The van der Waals surface area contributed by atoms with Gasteiger partial charge in [0.2, 0.25) is 5.91 Å². The maximum Gasteiger partial charge on any atom is 0.420 e. The van der Waals surface area contributed by atoms with E-state index in [1.54, 1.807) is 42.7 Å². The molecule has 0 bridgehead atoms. The van der Waals surface area contributed by atoms with E-state index in [4.69, 9.17) is 9.84 Å². The van der Waals surface area contributed by atoms with Crippen LogP contribution in [-0.2, 0) is 11.0 Å². The van der Waals surface area contributed by atoms with Crippen molar-refractivity contribution in [1.82, 2.24) is 4.98 Å². The van der Waals surface area contributed by atoms with Gasteiger partial charge in [0.25, 0.3) is 0 Å². The van der Waals surface area contributed by atoms with Gasteiger partial charge in [-0.1, -0.05) is 24.3 Å². The topological polar surface area (TPSA) is 118 Å². The van der Waals surface area contributed by atoms with Crippen molar-refractivity contribution in [2.45, 2.75) is 12.6 Å². The maximum absolute atomic E-state index is 13.4. The van der Waals surface area contributed by atoms with Gasteiger partial charge in [0.15, 0.2) is 5.78 Å². The minimum absolute atomic E-state index is 0.214. The molecule has 0 aliphatic rings. The molecule has 11 heteroatoms. The van der Waals surface area contributed by atoms with Gasteiger partial charge in [-0.2, -0.15) is 13.2 Å². The zero-order valence-electron chi connectivity index (χ0n) is 17.6. The highest BCUT2D eigenvalue weighted by Crippen LogP contribution is 2.41. The van der Waals surface area contributed by atoms with Crippen LogP contribution < -0.4 is 15.4 Å². The average molecular weight is 473 g/mol. The van der Waals surface area contributed by atoms with Crippen LogP contribution in [0.4, 0.5) is 29.3 Å². The summed E-state index contributed by atoms with van der Waals surface area (Å²) >= 11 is 0. The van der Waals surface area contributed by atoms with Crippen molar-refractivity contribution in [1.29, 1.82) is 0 Å². The number of carboxylic acid groups (broad SMARTS) is 1. The van der Waals surface area contributed by atoms with Crippen LogP contribution in [0, 0.1) is 0 Å². The van der Waals surface area contributed by atoms with Gasteiger partial charge < -0.3 is 15.2 Å². The first-order chi connectivity index (χ1) is 16.1. The van der Waals surface area contributed by atoms with Crippen LogP contribution >= 0.6 is 0 Å². The number of methoxy groups -OCH3 is 1. The SMILES string of the molecule is COc1cc(NC(=O)O)c(NC(=O)CC(=O)c2cccc(-c3cccnc3)c2)cc1C(F)(F)F. The third-order valence-corrected chi connectivity index (χ3v) is 4.66. The Hall–Kier alpha value is -4.41. The molecule has 2 aromatic carbocycles. The smallest absolute Gasteiger partial charge is 0.420 e. The lowest BCUT2D eigenvalue weighted by Crippen LogP contribution is -2.19. The van der Waals surface area contributed by atoms with Crippen LogP contribution in [-0.4, -0.2) is 35.0 Å². The number of nitrogens with zero attached hydrogens (tertiary/aromatic N) is 1. The number of carbonyl (C=O) groups is 3. The molecule has 1 heterocycles. The number of alkyl halides is 3. The summed E-state index contributed by atoms with van der Waals surface area (Å²) in [5.41, 5.74) is -0.391. The third kappa shape index (κ3) is 5.88. The number of anilines is 2. The Morgan fingerprint density at radius 1 is 1.00 bits per heavy atom. The van der Waals surface area contributed by atoms with Crippen LogP contribution in [0.2, 0.25) is 0 Å². The maximum atomic E-state index is 13.4. The molecular formula is C23H18F3N3O5. The summed E-state index contributed by atoms with van der Waals surface area (Å²) in [5, 5.41) is 13.1. The predicted molar refractivity (Wildman–Crippen MR) is 117 cm³/mol. The van der Waals surface area contributed by atoms with E-state index in [1.165, 1.54) is 6.07 Å². The van der Waals surface area contributed by atoms with E-state index in [0.29, 0.717) is 11.6 Å². The summed E-state index contributed by atoms with van der Waals surface area (Å²) in [6.45, 7) is 0. The molecule has 1 aromatic heterocycles. The molecule has 3 N–H and O–H groups in total. The van der Waals surface area contributed by atoms with Crippen molar-refractivity contribution < 1.29 is 37.4 Å². The normalized spacial score (nSPS) is 10.9. The first-order valence-electron chi connectivity index (χ1n) is 9.71.